The molecule has 7 nitrogen and oxygen atoms in total. The highest BCUT2D eigenvalue weighted by atomic mass is 32.1. The summed E-state index contributed by atoms with van der Waals surface area (Å²) < 4.78 is 10.2. The molecule has 0 saturated carbocycles. The zero-order valence-corrected chi connectivity index (χ0v) is 16.8. The SMILES string of the molecule is COC(=O)C1CCN(C(=O)c2cc(-c3ccc(C)s3)nc3onc(C)c23)CC1. The van der Waals surface area contributed by atoms with Gasteiger partial charge in [-0.15, -0.1) is 11.3 Å². The Morgan fingerprint density at radius 1 is 1.25 bits per heavy atom. The van der Waals surface area contributed by atoms with Gasteiger partial charge in [-0.3, -0.25) is 9.59 Å². The molecular formula is C20H21N3O4S. The van der Waals surface area contributed by atoms with Crippen molar-refractivity contribution in [3.63, 3.8) is 0 Å². The molecule has 0 N–H and O–H groups in total. The third kappa shape index (κ3) is 3.28. The van der Waals surface area contributed by atoms with E-state index in [0.29, 0.717) is 54.0 Å². The predicted molar refractivity (Wildman–Crippen MR) is 105 cm³/mol. The summed E-state index contributed by atoms with van der Waals surface area (Å²) in [6.45, 7) is 4.87. The van der Waals surface area contributed by atoms with E-state index in [4.69, 9.17) is 9.26 Å². The molecule has 0 radical (unpaired) electrons. The van der Waals surface area contributed by atoms with Gasteiger partial charge in [0.25, 0.3) is 11.6 Å². The Kier molecular flexibility index (Phi) is 4.89. The summed E-state index contributed by atoms with van der Waals surface area (Å²) in [5.74, 6) is -0.436. The molecular weight excluding hydrogens is 378 g/mol. The number of thiophene rings is 1. The van der Waals surface area contributed by atoms with Gasteiger partial charge >= 0.3 is 5.97 Å². The molecule has 0 aliphatic carbocycles. The number of aryl methyl sites for hydroxylation is 2. The molecule has 1 fully saturated rings. The third-order valence-corrected chi connectivity index (χ3v) is 6.18. The van der Waals surface area contributed by atoms with E-state index < -0.39 is 0 Å². The first-order chi connectivity index (χ1) is 13.5. The van der Waals surface area contributed by atoms with Crippen molar-refractivity contribution in [1.29, 1.82) is 0 Å². The van der Waals surface area contributed by atoms with E-state index >= 15 is 0 Å². The van der Waals surface area contributed by atoms with Crippen molar-refractivity contribution in [3.8, 4) is 10.6 Å². The number of esters is 1. The lowest BCUT2D eigenvalue weighted by molar-refractivity contribution is -0.146. The van der Waals surface area contributed by atoms with Crippen LogP contribution in [0.5, 0.6) is 0 Å². The van der Waals surface area contributed by atoms with Gasteiger partial charge < -0.3 is 14.2 Å². The number of carbonyl (C=O) groups is 2. The van der Waals surface area contributed by atoms with Crippen LogP contribution in [0.2, 0.25) is 0 Å². The smallest absolute Gasteiger partial charge is 0.308 e. The van der Waals surface area contributed by atoms with Gasteiger partial charge in [0.2, 0.25) is 0 Å². The zero-order chi connectivity index (χ0) is 19.8. The number of hydrogen-bond donors (Lipinski definition) is 0. The van der Waals surface area contributed by atoms with E-state index in [9.17, 15) is 9.59 Å². The largest absolute Gasteiger partial charge is 0.469 e. The average molecular weight is 399 g/mol. The van der Waals surface area contributed by atoms with Crippen molar-refractivity contribution in [2.75, 3.05) is 20.2 Å². The molecule has 146 valence electrons. The quantitative estimate of drug-likeness (QED) is 0.626. The van der Waals surface area contributed by atoms with Crippen LogP contribution >= 0.6 is 11.3 Å². The van der Waals surface area contributed by atoms with Gasteiger partial charge in [-0.2, -0.15) is 0 Å². The minimum atomic E-state index is -0.205. The third-order valence-electron chi connectivity index (χ3n) is 5.16. The number of aromatic nitrogens is 2. The van der Waals surface area contributed by atoms with Crippen molar-refractivity contribution in [2.45, 2.75) is 26.7 Å². The van der Waals surface area contributed by atoms with Gasteiger partial charge in [0.1, 0.15) is 0 Å². The molecule has 1 saturated heterocycles. The molecule has 0 spiro atoms. The van der Waals surface area contributed by atoms with E-state index in [-0.39, 0.29) is 17.8 Å². The Morgan fingerprint density at radius 3 is 2.64 bits per heavy atom. The highest BCUT2D eigenvalue weighted by Crippen LogP contribution is 2.32. The second-order valence-electron chi connectivity index (χ2n) is 7.00. The Bertz CT molecular complexity index is 1050. The number of ether oxygens (including phenoxy) is 1. The van der Waals surface area contributed by atoms with Crippen LogP contribution < -0.4 is 0 Å². The number of rotatable bonds is 3. The van der Waals surface area contributed by atoms with E-state index in [1.807, 2.05) is 32.0 Å². The Hall–Kier alpha value is -2.74. The Labute approximate surface area is 166 Å². The van der Waals surface area contributed by atoms with Crippen molar-refractivity contribution in [2.24, 2.45) is 5.92 Å². The number of nitrogens with zero attached hydrogens (tertiary/aromatic N) is 3. The average Bonchev–Trinajstić information content (AvgIpc) is 3.32. The molecule has 28 heavy (non-hydrogen) atoms. The molecule has 0 atom stereocenters. The monoisotopic (exact) mass is 399 g/mol. The first-order valence-corrected chi connectivity index (χ1v) is 10.0. The minimum Gasteiger partial charge on any atom is -0.469 e. The molecule has 0 unspecified atom stereocenters. The maximum Gasteiger partial charge on any atom is 0.308 e. The van der Waals surface area contributed by atoms with Gasteiger partial charge in [-0.05, 0) is 44.9 Å². The summed E-state index contributed by atoms with van der Waals surface area (Å²) in [4.78, 5) is 33.6. The fourth-order valence-corrected chi connectivity index (χ4v) is 4.45. The number of hydrogen-bond acceptors (Lipinski definition) is 7. The van der Waals surface area contributed by atoms with Crippen LogP contribution in [0.4, 0.5) is 0 Å². The molecule has 1 aliphatic heterocycles. The lowest BCUT2D eigenvalue weighted by atomic mass is 9.96. The lowest BCUT2D eigenvalue weighted by Crippen LogP contribution is -2.40. The fourth-order valence-electron chi connectivity index (χ4n) is 3.62. The minimum absolute atomic E-state index is 0.0865. The summed E-state index contributed by atoms with van der Waals surface area (Å²) in [7, 11) is 1.40. The van der Waals surface area contributed by atoms with E-state index in [1.165, 1.54) is 12.0 Å². The highest BCUT2D eigenvalue weighted by Gasteiger charge is 2.30. The molecule has 4 heterocycles. The number of fused-ring (bicyclic) bond motifs is 1. The second-order valence-corrected chi connectivity index (χ2v) is 8.29. The van der Waals surface area contributed by atoms with Crippen LogP contribution in [-0.2, 0) is 9.53 Å². The van der Waals surface area contributed by atoms with Crippen molar-refractivity contribution in [3.05, 3.63) is 34.3 Å². The first-order valence-electron chi connectivity index (χ1n) is 9.19. The van der Waals surface area contributed by atoms with Crippen molar-refractivity contribution >= 4 is 34.3 Å². The predicted octanol–water partition coefficient (Wildman–Crippen LogP) is 3.59. The summed E-state index contributed by atoms with van der Waals surface area (Å²) in [6, 6.07) is 5.84. The first kappa shape index (κ1) is 18.6. The van der Waals surface area contributed by atoms with Gasteiger partial charge in [0.15, 0.2) is 0 Å². The number of carbonyl (C=O) groups excluding carboxylic acids is 2. The number of piperidine rings is 1. The molecule has 1 aliphatic rings. The zero-order valence-electron chi connectivity index (χ0n) is 16.0. The van der Waals surface area contributed by atoms with Crippen LogP contribution in [-0.4, -0.2) is 47.1 Å². The summed E-state index contributed by atoms with van der Waals surface area (Å²) in [5, 5.41) is 4.65. The molecule has 0 bridgehead atoms. The Balaban J connectivity index is 1.68. The van der Waals surface area contributed by atoms with Crippen LogP contribution in [0, 0.1) is 19.8 Å². The summed E-state index contributed by atoms with van der Waals surface area (Å²) in [6.07, 6.45) is 1.21. The van der Waals surface area contributed by atoms with E-state index in [0.717, 1.165) is 4.88 Å². The van der Waals surface area contributed by atoms with E-state index in [1.54, 1.807) is 16.2 Å². The normalized spacial score (nSPS) is 15.2. The highest BCUT2D eigenvalue weighted by molar-refractivity contribution is 7.15. The standard InChI is InChI=1S/C20H21N3O4S/c1-11-4-5-16(28-11)15-10-14(17-12(2)22-27-18(17)21-15)19(24)23-8-6-13(7-9-23)20(25)26-3/h4-5,10,13H,6-9H2,1-3H3. The van der Waals surface area contributed by atoms with Crippen LogP contribution in [0.3, 0.4) is 0 Å². The molecule has 4 rings (SSSR count). The van der Waals surface area contributed by atoms with Gasteiger partial charge in [0, 0.05) is 18.0 Å². The lowest BCUT2D eigenvalue weighted by Gasteiger charge is -2.30. The topological polar surface area (TPSA) is 85.5 Å². The van der Waals surface area contributed by atoms with Crippen molar-refractivity contribution < 1.29 is 18.8 Å². The van der Waals surface area contributed by atoms with Gasteiger partial charge in [-0.25, -0.2) is 4.98 Å². The maximum absolute atomic E-state index is 13.3. The maximum atomic E-state index is 13.3. The number of amides is 1. The summed E-state index contributed by atoms with van der Waals surface area (Å²) >= 11 is 1.62. The van der Waals surface area contributed by atoms with Crippen LogP contribution in [0.25, 0.3) is 21.7 Å². The molecule has 3 aromatic rings. The molecule has 3 aromatic heterocycles. The number of likely N-dealkylation sites (tertiary alicyclic amines) is 1. The Morgan fingerprint density at radius 2 is 2.00 bits per heavy atom. The van der Waals surface area contributed by atoms with E-state index in [2.05, 4.69) is 10.1 Å². The van der Waals surface area contributed by atoms with Gasteiger partial charge in [-0.1, -0.05) is 5.16 Å². The van der Waals surface area contributed by atoms with Gasteiger partial charge in [0.05, 0.1) is 40.2 Å². The van der Waals surface area contributed by atoms with Crippen molar-refractivity contribution in [1.82, 2.24) is 15.0 Å². The summed E-state index contributed by atoms with van der Waals surface area (Å²) in [5.41, 5.74) is 2.26. The molecule has 1 amide bonds. The number of methoxy groups -OCH3 is 1. The molecule has 8 heteroatoms. The van der Waals surface area contributed by atoms with Crippen LogP contribution in [0.15, 0.2) is 22.7 Å². The fraction of sp³-hybridized carbons (Fsp3) is 0.400. The van der Waals surface area contributed by atoms with Crippen LogP contribution in [0.1, 0.15) is 33.8 Å². The second kappa shape index (κ2) is 7.35. The molecule has 0 aromatic carbocycles. The number of pyridine rings is 1.